The maximum absolute atomic E-state index is 12.1. The van der Waals surface area contributed by atoms with E-state index in [4.69, 9.17) is 15.3 Å². The molecule has 0 spiro atoms. The van der Waals surface area contributed by atoms with Crippen molar-refractivity contribution in [1.29, 1.82) is 0 Å². The molecule has 2 heterocycles. The van der Waals surface area contributed by atoms with E-state index >= 15 is 0 Å². The predicted molar refractivity (Wildman–Crippen MR) is 67.1 cm³/mol. The smallest absolute Gasteiger partial charge is 0.340 e. The lowest BCUT2D eigenvalue weighted by Crippen LogP contribution is -2.14. The largest absolute Gasteiger partial charge is 0.478 e. The first-order chi connectivity index (χ1) is 9.00. The molecule has 3 N–H and O–H groups in total. The lowest BCUT2D eigenvalue weighted by Gasteiger charge is -2.06. The Morgan fingerprint density at radius 2 is 2.16 bits per heavy atom. The second-order valence-corrected chi connectivity index (χ2v) is 4.05. The molecule has 6 heteroatoms. The summed E-state index contributed by atoms with van der Waals surface area (Å²) in [5.41, 5.74) is 6.11. The van der Waals surface area contributed by atoms with E-state index in [2.05, 4.69) is 4.98 Å². The van der Waals surface area contributed by atoms with E-state index < -0.39 is 5.97 Å². The summed E-state index contributed by atoms with van der Waals surface area (Å²) in [4.78, 5) is 26.9. The van der Waals surface area contributed by atoms with Crippen LogP contribution in [0, 0.1) is 6.92 Å². The molecule has 0 bridgehead atoms. The summed E-state index contributed by atoms with van der Waals surface area (Å²) in [5, 5.41) is 9.08. The molecule has 6 nitrogen and oxygen atoms in total. The van der Waals surface area contributed by atoms with Crippen LogP contribution in [0.15, 0.2) is 29.0 Å². The minimum atomic E-state index is -1.27. The van der Waals surface area contributed by atoms with Crippen LogP contribution < -0.4 is 5.73 Å². The number of pyridine rings is 1. The Bertz CT molecular complexity index is 646. The van der Waals surface area contributed by atoms with E-state index in [0.717, 1.165) is 5.56 Å². The number of aryl methyl sites for hydroxylation is 1. The lowest BCUT2D eigenvalue weighted by atomic mass is 10.0. The first-order valence-electron chi connectivity index (χ1n) is 5.54. The molecule has 0 aliphatic rings. The van der Waals surface area contributed by atoms with Crippen LogP contribution >= 0.6 is 0 Å². The van der Waals surface area contributed by atoms with Gasteiger partial charge in [0, 0.05) is 11.8 Å². The average molecular weight is 260 g/mol. The molecule has 19 heavy (non-hydrogen) atoms. The van der Waals surface area contributed by atoms with Gasteiger partial charge in [-0.1, -0.05) is 0 Å². The van der Waals surface area contributed by atoms with Crippen LogP contribution in [0.3, 0.4) is 0 Å². The van der Waals surface area contributed by atoms with E-state index in [1.54, 1.807) is 6.07 Å². The molecule has 0 aliphatic heterocycles. The maximum atomic E-state index is 12.1. The Balaban J connectivity index is 2.37. The Morgan fingerprint density at radius 3 is 2.74 bits per heavy atom. The van der Waals surface area contributed by atoms with Gasteiger partial charge in [-0.15, -0.1) is 0 Å². The van der Waals surface area contributed by atoms with E-state index in [9.17, 15) is 9.59 Å². The summed E-state index contributed by atoms with van der Waals surface area (Å²) in [7, 11) is 0. The molecule has 0 saturated heterocycles. The fourth-order valence-corrected chi connectivity index (χ4v) is 1.76. The quantitative estimate of drug-likeness (QED) is 0.810. The third kappa shape index (κ3) is 2.47. The van der Waals surface area contributed by atoms with Gasteiger partial charge in [0.15, 0.2) is 5.78 Å². The number of furan rings is 1. The van der Waals surface area contributed by atoms with Crippen LogP contribution in [-0.4, -0.2) is 21.8 Å². The Hall–Kier alpha value is -2.63. The Kier molecular flexibility index (Phi) is 3.33. The molecule has 0 atom stereocenters. The van der Waals surface area contributed by atoms with Crippen molar-refractivity contribution in [2.24, 2.45) is 0 Å². The number of ketones is 1. The number of aromatic nitrogens is 1. The van der Waals surface area contributed by atoms with Gasteiger partial charge in [-0.3, -0.25) is 4.79 Å². The first-order valence-corrected chi connectivity index (χ1v) is 5.54. The average Bonchev–Trinajstić information content (AvgIpc) is 2.74. The molecule has 0 radical (unpaired) electrons. The van der Waals surface area contributed by atoms with Crippen LogP contribution in [0.4, 0.5) is 5.82 Å². The topological polar surface area (TPSA) is 106 Å². The molecular weight excluding hydrogens is 248 g/mol. The minimum Gasteiger partial charge on any atom is -0.478 e. The van der Waals surface area contributed by atoms with Crippen molar-refractivity contribution in [1.82, 2.24) is 4.98 Å². The number of nitrogens with zero attached hydrogens (tertiary/aromatic N) is 1. The van der Waals surface area contributed by atoms with Crippen molar-refractivity contribution >= 4 is 17.6 Å². The highest BCUT2D eigenvalue weighted by atomic mass is 16.4. The van der Waals surface area contributed by atoms with Gasteiger partial charge in [-0.05, 0) is 24.6 Å². The van der Waals surface area contributed by atoms with Gasteiger partial charge in [0.2, 0.25) is 0 Å². The molecule has 2 aromatic heterocycles. The summed E-state index contributed by atoms with van der Waals surface area (Å²) >= 11 is 0. The highest BCUT2D eigenvalue weighted by Gasteiger charge is 2.21. The third-order valence-corrected chi connectivity index (χ3v) is 2.78. The zero-order valence-corrected chi connectivity index (χ0v) is 10.2. The Labute approximate surface area is 108 Å². The predicted octanol–water partition coefficient (Wildman–Crippen LogP) is 1.69. The number of nitrogens with two attached hydrogens (primary N) is 1. The van der Waals surface area contributed by atoms with Gasteiger partial charge < -0.3 is 15.3 Å². The number of nitrogen functional groups attached to an aromatic ring is 1. The molecule has 2 aromatic rings. The fraction of sp³-hybridized carbons (Fsp3) is 0.154. The molecule has 0 amide bonds. The minimum absolute atomic E-state index is 0.0113. The standard InChI is InChI=1S/C13H12N2O4/c1-7-3-5-19-10(7)6-9(16)8-2-4-15-12(14)11(8)13(17)18/h2-5H,6H2,1H3,(H2,14,15)(H,17,18). The molecule has 0 aromatic carbocycles. The highest BCUT2D eigenvalue weighted by Crippen LogP contribution is 2.18. The summed E-state index contributed by atoms with van der Waals surface area (Å²) in [6, 6.07) is 3.09. The molecule has 0 unspecified atom stereocenters. The Morgan fingerprint density at radius 1 is 1.42 bits per heavy atom. The lowest BCUT2D eigenvalue weighted by molar-refractivity contribution is 0.0692. The van der Waals surface area contributed by atoms with Gasteiger partial charge in [-0.2, -0.15) is 0 Å². The molecule has 0 saturated carbocycles. The molecule has 98 valence electrons. The number of Topliss-reactive ketones (excluding diaryl/α,β-unsaturated/α-hetero) is 1. The van der Waals surface area contributed by atoms with Crippen LogP contribution in [0.25, 0.3) is 0 Å². The van der Waals surface area contributed by atoms with Crippen LogP contribution in [0.5, 0.6) is 0 Å². The van der Waals surface area contributed by atoms with Gasteiger partial charge in [-0.25, -0.2) is 9.78 Å². The molecule has 0 aliphatic carbocycles. The summed E-state index contributed by atoms with van der Waals surface area (Å²) in [6.07, 6.45) is 2.78. The number of rotatable bonds is 4. The van der Waals surface area contributed by atoms with Crippen molar-refractivity contribution < 1.29 is 19.1 Å². The molecular formula is C13H12N2O4. The number of hydrogen-bond acceptors (Lipinski definition) is 5. The van der Waals surface area contributed by atoms with Crippen molar-refractivity contribution in [3.63, 3.8) is 0 Å². The van der Waals surface area contributed by atoms with Gasteiger partial charge in [0.05, 0.1) is 12.7 Å². The number of hydrogen-bond donors (Lipinski definition) is 2. The zero-order chi connectivity index (χ0) is 14.0. The molecule has 2 rings (SSSR count). The van der Waals surface area contributed by atoms with E-state index in [1.807, 2.05) is 6.92 Å². The third-order valence-electron chi connectivity index (χ3n) is 2.78. The number of carbonyl (C=O) groups excluding carboxylic acids is 1. The number of anilines is 1. The van der Waals surface area contributed by atoms with Crippen molar-refractivity contribution in [2.45, 2.75) is 13.3 Å². The number of aromatic carboxylic acids is 1. The zero-order valence-electron chi connectivity index (χ0n) is 10.2. The van der Waals surface area contributed by atoms with E-state index in [1.165, 1.54) is 18.5 Å². The van der Waals surface area contributed by atoms with Gasteiger partial charge >= 0.3 is 5.97 Å². The second-order valence-electron chi connectivity index (χ2n) is 4.05. The van der Waals surface area contributed by atoms with Crippen LogP contribution in [0.2, 0.25) is 0 Å². The molecule has 0 fully saturated rings. The number of carbonyl (C=O) groups is 2. The number of carboxylic acids is 1. The van der Waals surface area contributed by atoms with Crippen molar-refractivity contribution in [2.75, 3.05) is 5.73 Å². The number of carboxylic acid groups (broad SMARTS) is 1. The van der Waals surface area contributed by atoms with Gasteiger partial charge in [0.1, 0.15) is 17.1 Å². The monoisotopic (exact) mass is 260 g/mol. The fourth-order valence-electron chi connectivity index (χ4n) is 1.76. The SMILES string of the molecule is Cc1ccoc1CC(=O)c1ccnc(N)c1C(=O)O. The maximum Gasteiger partial charge on any atom is 0.340 e. The van der Waals surface area contributed by atoms with E-state index in [0.29, 0.717) is 5.76 Å². The van der Waals surface area contributed by atoms with Crippen LogP contribution in [-0.2, 0) is 6.42 Å². The van der Waals surface area contributed by atoms with Crippen molar-refractivity contribution in [3.05, 3.63) is 47.0 Å². The summed E-state index contributed by atoms with van der Waals surface area (Å²) in [5.74, 6) is -1.30. The van der Waals surface area contributed by atoms with E-state index in [-0.39, 0.29) is 29.1 Å². The van der Waals surface area contributed by atoms with Gasteiger partial charge in [0.25, 0.3) is 0 Å². The normalized spacial score (nSPS) is 10.4. The van der Waals surface area contributed by atoms with Crippen LogP contribution in [0.1, 0.15) is 32.0 Å². The van der Waals surface area contributed by atoms with Crippen molar-refractivity contribution in [3.8, 4) is 0 Å². The second kappa shape index (κ2) is 4.93. The summed E-state index contributed by atoms with van der Waals surface area (Å²) < 4.78 is 5.17. The first kappa shape index (κ1) is 12.8. The summed E-state index contributed by atoms with van der Waals surface area (Å²) in [6.45, 7) is 1.81. The highest BCUT2D eigenvalue weighted by molar-refractivity contribution is 6.08.